The number of nitrogens with zero attached hydrogens (tertiary/aromatic N) is 2. The van der Waals surface area contributed by atoms with E-state index in [1.54, 1.807) is 6.07 Å². The van der Waals surface area contributed by atoms with Crippen LogP contribution < -0.4 is 5.32 Å². The molecule has 1 saturated heterocycles. The van der Waals surface area contributed by atoms with Crippen LogP contribution in [0.1, 0.15) is 71.1 Å². The maximum atomic E-state index is 12.7. The van der Waals surface area contributed by atoms with Crippen LogP contribution in [0.3, 0.4) is 0 Å². The Morgan fingerprint density at radius 2 is 2.04 bits per heavy atom. The second-order valence-electron chi connectivity index (χ2n) is 7.25. The number of carbonyl (C=O) groups excluding carboxylic acids is 2. The molecule has 2 aromatic heterocycles. The number of rotatable bonds is 5. The summed E-state index contributed by atoms with van der Waals surface area (Å²) in [5.41, 5.74) is 2.99. The number of furan rings is 1. The van der Waals surface area contributed by atoms with Gasteiger partial charge in [0.1, 0.15) is 6.26 Å². The number of nitrogens with one attached hydrogen (secondary N) is 1. The third-order valence-electron chi connectivity index (χ3n) is 5.24. The average Bonchev–Trinajstić information content (AvgIpc) is 3.22. The largest absolute Gasteiger partial charge is 0.472 e. The molecule has 6 nitrogen and oxygen atoms in total. The Hall–Kier alpha value is -2.63. The van der Waals surface area contributed by atoms with Crippen LogP contribution in [0.2, 0.25) is 0 Å². The van der Waals surface area contributed by atoms with Gasteiger partial charge in [0.25, 0.3) is 11.8 Å². The van der Waals surface area contributed by atoms with E-state index in [1.807, 2.05) is 37.8 Å². The normalized spacial score (nSPS) is 16.2. The highest BCUT2D eigenvalue weighted by molar-refractivity contribution is 5.96. The van der Waals surface area contributed by atoms with Crippen molar-refractivity contribution >= 4 is 11.8 Å². The highest BCUT2D eigenvalue weighted by Gasteiger charge is 2.28. The van der Waals surface area contributed by atoms with Gasteiger partial charge in [0, 0.05) is 30.7 Å². The van der Waals surface area contributed by atoms with E-state index in [0.717, 1.165) is 30.7 Å². The van der Waals surface area contributed by atoms with Gasteiger partial charge in [0.15, 0.2) is 0 Å². The fourth-order valence-electron chi connectivity index (χ4n) is 3.41. The van der Waals surface area contributed by atoms with Crippen LogP contribution in [-0.2, 0) is 0 Å². The predicted octanol–water partition coefficient (Wildman–Crippen LogP) is 3.53. The molecule has 144 valence electrons. The molecule has 6 heteroatoms. The fraction of sp³-hybridized carbons (Fsp3) is 0.476. The summed E-state index contributed by atoms with van der Waals surface area (Å²) in [5.74, 6) is 0.105. The summed E-state index contributed by atoms with van der Waals surface area (Å²) >= 11 is 0. The summed E-state index contributed by atoms with van der Waals surface area (Å²) in [6, 6.07) is 5.57. The molecular weight excluding hydrogens is 342 g/mol. The van der Waals surface area contributed by atoms with E-state index in [2.05, 4.69) is 5.32 Å². The number of aromatic nitrogens is 1. The molecular formula is C21H27N3O3. The maximum Gasteiger partial charge on any atom is 0.257 e. The Kier molecular flexibility index (Phi) is 5.94. The minimum atomic E-state index is -0.0660. The highest BCUT2D eigenvalue weighted by Crippen LogP contribution is 2.30. The van der Waals surface area contributed by atoms with Crippen molar-refractivity contribution in [2.45, 2.75) is 52.0 Å². The molecule has 0 unspecified atom stereocenters. The zero-order chi connectivity index (χ0) is 19.4. The molecule has 0 bridgehead atoms. The van der Waals surface area contributed by atoms with Crippen molar-refractivity contribution in [2.75, 3.05) is 13.1 Å². The molecule has 27 heavy (non-hydrogen) atoms. The molecule has 0 aromatic carbocycles. The molecule has 0 radical (unpaired) electrons. The molecule has 0 aliphatic carbocycles. The van der Waals surface area contributed by atoms with Crippen LogP contribution in [0.4, 0.5) is 0 Å². The molecule has 1 N–H and O–H groups in total. The van der Waals surface area contributed by atoms with E-state index < -0.39 is 0 Å². The molecule has 2 aromatic rings. The molecule has 3 rings (SSSR count). The maximum absolute atomic E-state index is 12.7. The summed E-state index contributed by atoms with van der Waals surface area (Å²) in [6.07, 6.45) is 5.47. The number of aryl methyl sites for hydroxylation is 1. The Balaban J connectivity index is 1.73. The predicted molar refractivity (Wildman–Crippen MR) is 103 cm³/mol. The lowest BCUT2D eigenvalue weighted by atomic mass is 9.89. The smallest absolute Gasteiger partial charge is 0.257 e. The number of hydrogen-bond donors (Lipinski definition) is 1. The number of pyridine rings is 1. The van der Waals surface area contributed by atoms with Gasteiger partial charge in [-0.15, -0.1) is 0 Å². The zero-order valence-corrected chi connectivity index (χ0v) is 16.2. The van der Waals surface area contributed by atoms with Gasteiger partial charge in [-0.1, -0.05) is 6.92 Å². The van der Waals surface area contributed by atoms with E-state index in [-0.39, 0.29) is 23.8 Å². The van der Waals surface area contributed by atoms with Crippen molar-refractivity contribution in [3.63, 3.8) is 0 Å². The quantitative estimate of drug-likeness (QED) is 0.875. The Labute approximate surface area is 160 Å². The first-order valence-electron chi connectivity index (χ1n) is 9.59. The topological polar surface area (TPSA) is 75.4 Å². The summed E-state index contributed by atoms with van der Waals surface area (Å²) in [5, 5.41) is 3.04. The molecule has 0 spiro atoms. The second-order valence-corrected chi connectivity index (χ2v) is 7.25. The van der Waals surface area contributed by atoms with Crippen molar-refractivity contribution in [1.82, 2.24) is 15.2 Å². The second kappa shape index (κ2) is 8.37. The van der Waals surface area contributed by atoms with Crippen molar-refractivity contribution in [2.24, 2.45) is 0 Å². The van der Waals surface area contributed by atoms with E-state index in [4.69, 9.17) is 9.40 Å². The van der Waals surface area contributed by atoms with Crippen LogP contribution in [0.25, 0.3) is 0 Å². The van der Waals surface area contributed by atoms with Gasteiger partial charge in [-0.25, -0.2) is 0 Å². The highest BCUT2D eigenvalue weighted by atomic mass is 16.3. The number of hydrogen-bond acceptors (Lipinski definition) is 4. The molecule has 3 heterocycles. The van der Waals surface area contributed by atoms with Crippen LogP contribution in [-0.4, -0.2) is 40.8 Å². The van der Waals surface area contributed by atoms with E-state index in [9.17, 15) is 9.59 Å². The number of likely N-dealkylation sites (tertiary alicyclic amines) is 1. The van der Waals surface area contributed by atoms with E-state index in [0.29, 0.717) is 24.2 Å². The summed E-state index contributed by atoms with van der Waals surface area (Å²) in [4.78, 5) is 31.7. The zero-order valence-electron chi connectivity index (χ0n) is 16.2. The van der Waals surface area contributed by atoms with Crippen LogP contribution in [0.15, 0.2) is 35.1 Å². The standard InChI is InChI=1S/C21H27N3O3/c1-4-14(2)23-20(25)18-6-5-15(3)22-19(18)16-7-10-24(11-8-16)21(26)17-9-12-27-13-17/h5-6,9,12-14,16H,4,7-8,10-11H2,1-3H3,(H,23,25)/t14-/m0/s1. The molecule has 1 atom stereocenters. The molecule has 0 saturated carbocycles. The Morgan fingerprint density at radius 3 is 2.67 bits per heavy atom. The van der Waals surface area contributed by atoms with Crippen molar-refractivity contribution in [3.05, 3.63) is 53.2 Å². The minimum absolute atomic E-state index is 0.00543. The van der Waals surface area contributed by atoms with Crippen LogP contribution in [0.5, 0.6) is 0 Å². The molecule has 1 fully saturated rings. The molecule has 1 aliphatic rings. The monoisotopic (exact) mass is 369 g/mol. The molecule has 1 aliphatic heterocycles. The van der Waals surface area contributed by atoms with Gasteiger partial charge < -0.3 is 14.6 Å². The number of amides is 2. The number of carbonyl (C=O) groups is 2. The van der Waals surface area contributed by atoms with Crippen molar-refractivity contribution in [3.8, 4) is 0 Å². The van der Waals surface area contributed by atoms with Gasteiger partial charge in [-0.05, 0) is 51.3 Å². The third kappa shape index (κ3) is 4.38. The lowest BCUT2D eigenvalue weighted by molar-refractivity contribution is 0.0709. The fourth-order valence-corrected chi connectivity index (χ4v) is 3.41. The molecule has 2 amide bonds. The SMILES string of the molecule is CC[C@H](C)NC(=O)c1ccc(C)nc1C1CCN(C(=O)c2ccoc2)CC1. The van der Waals surface area contributed by atoms with E-state index >= 15 is 0 Å². The first-order chi connectivity index (χ1) is 13.0. The lowest BCUT2D eigenvalue weighted by Gasteiger charge is -2.32. The minimum Gasteiger partial charge on any atom is -0.472 e. The van der Waals surface area contributed by atoms with Crippen molar-refractivity contribution < 1.29 is 14.0 Å². The summed E-state index contributed by atoms with van der Waals surface area (Å²) < 4.78 is 5.01. The van der Waals surface area contributed by atoms with Crippen LogP contribution in [0, 0.1) is 6.92 Å². The van der Waals surface area contributed by atoms with Gasteiger partial charge in [0.05, 0.1) is 23.1 Å². The van der Waals surface area contributed by atoms with Gasteiger partial charge in [-0.3, -0.25) is 14.6 Å². The van der Waals surface area contributed by atoms with Crippen LogP contribution >= 0.6 is 0 Å². The van der Waals surface area contributed by atoms with Gasteiger partial charge >= 0.3 is 0 Å². The summed E-state index contributed by atoms with van der Waals surface area (Å²) in [7, 11) is 0. The first kappa shape index (κ1) is 19.1. The first-order valence-corrected chi connectivity index (χ1v) is 9.59. The van der Waals surface area contributed by atoms with E-state index in [1.165, 1.54) is 12.5 Å². The van der Waals surface area contributed by atoms with Crippen molar-refractivity contribution in [1.29, 1.82) is 0 Å². The Morgan fingerprint density at radius 1 is 1.30 bits per heavy atom. The number of piperidine rings is 1. The third-order valence-corrected chi connectivity index (χ3v) is 5.24. The van der Waals surface area contributed by atoms with Gasteiger partial charge in [-0.2, -0.15) is 0 Å². The Bertz CT molecular complexity index is 793. The van der Waals surface area contributed by atoms with Gasteiger partial charge in [0.2, 0.25) is 0 Å². The summed E-state index contributed by atoms with van der Waals surface area (Å²) in [6.45, 7) is 7.29. The average molecular weight is 369 g/mol. The lowest BCUT2D eigenvalue weighted by Crippen LogP contribution is -2.38.